The topological polar surface area (TPSA) is 26.0 Å². The van der Waals surface area contributed by atoms with Crippen molar-refractivity contribution in [2.75, 3.05) is 0 Å². The zero-order chi connectivity index (χ0) is 7.84. The highest BCUT2D eigenvalue weighted by Crippen LogP contribution is 2.30. The number of aryl methyl sites for hydroxylation is 1. The van der Waals surface area contributed by atoms with E-state index >= 15 is 0 Å². The molecule has 11 heavy (non-hydrogen) atoms. The van der Waals surface area contributed by atoms with E-state index in [0.717, 1.165) is 6.42 Å². The van der Waals surface area contributed by atoms with E-state index < -0.39 is 0 Å². The molecule has 0 fully saturated rings. The third kappa shape index (κ3) is 0.962. The minimum absolute atomic E-state index is 0.296. The molecule has 1 aliphatic rings. The van der Waals surface area contributed by atoms with Crippen LogP contribution >= 0.6 is 0 Å². The first kappa shape index (κ1) is 6.86. The van der Waals surface area contributed by atoms with Crippen molar-refractivity contribution in [3.8, 4) is 0 Å². The second kappa shape index (κ2) is 2.35. The maximum absolute atomic E-state index is 5.92. The number of hydrogen-bond acceptors (Lipinski definition) is 1. The van der Waals surface area contributed by atoms with Crippen molar-refractivity contribution in [3.63, 3.8) is 0 Å². The van der Waals surface area contributed by atoms with Gasteiger partial charge < -0.3 is 5.73 Å². The van der Waals surface area contributed by atoms with Crippen molar-refractivity contribution in [1.29, 1.82) is 0 Å². The fourth-order valence-electron chi connectivity index (χ4n) is 1.87. The van der Waals surface area contributed by atoms with Crippen molar-refractivity contribution >= 4 is 0 Å². The van der Waals surface area contributed by atoms with Crippen molar-refractivity contribution in [3.05, 3.63) is 34.9 Å². The van der Waals surface area contributed by atoms with Crippen LogP contribution in [0.3, 0.4) is 0 Å². The molecule has 0 radical (unpaired) electrons. The lowest BCUT2D eigenvalue weighted by molar-refractivity contribution is 0.713. The highest BCUT2D eigenvalue weighted by atomic mass is 14.6. The summed E-state index contributed by atoms with van der Waals surface area (Å²) in [5, 5.41) is 0. The van der Waals surface area contributed by atoms with Crippen molar-refractivity contribution in [2.45, 2.75) is 25.8 Å². The van der Waals surface area contributed by atoms with E-state index in [9.17, 15) is 0 Å². The molecule has 1 aromatic rings. The molecule has 0 spiro atoms. The maximum Gasteiger partial charge on any atom is 0.0300 e. The van der Waals surface area contributed by atoms with Gasteiger partial charge in [0.2, 0.25) is 0 Å². The van der Waals surface area contributed by atoms with Gasteiger partial charge in [0, 0.05) is 6.04 Å². The Labute approximate surface area is 67.2 Å². The zero-order valence-electron chi connectivity index (χ0n) is 6.80. The Kier molecular flexibility index (Phi) is 1.46. The second-order valence-corrected chi connectivity index (χ2v) is 3.29. The molecule has 58 valence electrons. The summed E-state index contributed by atoms with van der Waals surface area (Å²) in [5.41, 5.74) is 10.2. The smallest absolute Gasteiger partial charge is 0.0300 e. The Morgan fingerprint density at radius 1 is 1.45 bits per heavy atom. The van der Waals surface area contributed by atoms with Gasteiger partial charge in [-0.05, 0) is 36.5 Å². The summed E-state index contributed by atoms with van der Waals surface area (Å²) in [6.07, 6.45) is 2.30. The van der Waals surface area contributed by atoms with Crippen molar-refractivity contribution in [2.24, 2.45) is 5.73 Å². The molecule has 0 amide bonds. The van der Waals surface area contributed by atoms with Gasteiger partial charge in [-0.15, -0.1) is 0 Å². The van der Waals surface area contributed by atoms with Gasteiger partial charge in [0.1, 0.15) is 0 Å². The molecular weight excluding hydrogens is 134 g/mol. The molecule has 1 heteroatoms. The van der Waals surface area contributed by atoms with E-state index in [1.165, 1.54) is 23.1 Å². The Hall–Kier alpha value is -0.820. The lowest BCUT2D eigenvalue weighted by atomic mass is 10.0. The van der Waals surface area contributed by atoms with Crippen LogP contribution in [0.2, 0.25) is 0 Å². The van der Waals surface area contributed by atoms with E-state index in [2.05, 4.69) is 25.1 Å². The largest absolute Gasteiger partial charge is 0.324 e. The molecule has 0 aliphatic heterocycles. The van der Waals surface area contributed by atoms with Gasteiger partial charge in [-0.2, -0.15) is 0 Å². The monoisotopic (exact) mass is 147 g/mol. The Balaban J connectivity index is 2.57. The minimum Gasteiger partial charge on any atom is -0.324 e. The molecule has 1 atom stereocenters. The third-order valence-corrected chi connectivity index (χ3v) is 2.55. The van der Waals surface area contributed by atoms with E-state index in [1.54, 1.807) is 0 Å². The van der Waals surface area contributed by atoms with Crippen LogP contribution in [-0.4, -0.2) is 0 Å². The predicted molar refractivity (Wildman–Crippen MR) is 46.4 cm³/mol. The molecule has 0 aromatic heterocycles. The summed E-state index contributed by atoms with van der Waals surface area (Å²) in [6.45, 7) is 2.16. The number of hydrogen-bond donors (Lipinski definition) is 1. The predicted octanol–water partition coefficient (Wildman–Crippen LogP) is 1.94. The molecule has 1 aliphatic carbocycles. The van der Waals surface area contributed by atoms with Gasteiger partial charge in [-0.1, -0.05) is 18.2 Å². The summed E-state index contributed by atoms with van der Waals surface area (Å²) < 4.78 is 0. The first-order valence-electron chi connectivity index (χ1n) is 4.13. The molecule has 2 N–H and O–H groups in total. The Bertz CT molecular complexity index is 278. The fourth-order valence-corrected chi connectivity index (χ4v) is 1.87. The average Bonchev–Trinajstić information content (AvgIpc) is 2.35. The van der Waals surface area contributed by atoms with Crippen LogP contribution in [0.4, 0.5) is 0 Å². The molecule has 1 aromatic carbocycles. The number of nitrogens with two attached hydrogens (primary N) is 1. The summed E-state index contributed by atoms with van der Waals surface area (Å²) >= 11 is 0. The van der Waals surface area contributed by atoms with E-state index in [0.29, 0.717) is 6.04 Å². The molecule has 0 saturated heterocycles. The Morgan fingerprint density at radius 2 is 2.27 bits per heavy atom. The molecule has 0 heterocycles. The van der Waals surface area contributed by atoms with Gasteiger partial charge in [0.25, 0.3) is 0 Å². The van der Waals surface area contributed by atoms with Crippen LogP contribution in [0.5, 0.6) is 0 Å². The standard InChI is InChI=1S/C10H13N/c1-7-3-2-4-9-8(7)5-6-10(9)11/h2-4,10H,5-6,11H2,1H3. The summed E-state index contributed by atoms with van der Waals surface area (Å²) in [6, 6.07) is 6.71. The zero-order valence-corrected chi connectivity index (χ0v) is 6.80. The van der Waals surface area contributed by atoms with Crippen LogP contribution < -0.4 is 5.73 Å². The number of fused-ring (bicyclic) bond motifs is 1. The maximum atomic E-state index is 5.92. The van der Waals surface area contributed by atoms with Crippen molar-refractivity contribution < 1.29 is 0 Å². The molecule has 0 bridgehead atoms. The first-order valence-corrected chi connectivity index (χ1v) is 4.13. The third-order valence-electron chi connectivity index (χ3n) is 2.55. The second-order valence-electron chi connectivity index (χ2n) is 3.29. The average molecular weight is 147 g/mol. The van der Waals surface area contributed by atoms with Gasteiger partial charge >= 0.3 is 0 Å². The van der Waals surface area contributed by atoms with Crippen molar-refractivity contribution in [1.82, 2.24) is 0 Å². The molecule has 2 rings (SSSR count). The Morgan fingerprint density at radius 3 is 3.00 bits per heavy atom. The SMILES string of the molecule is Cc1cccc2c1CCC2N. The fraction of sp³-hybridized carbons (Fsp3) is 0.400. The van der Waals surface area contributed by atoms with Crippen LogP contribution in [0.15, 0.2) is 18.2 Å². The van der Waals surface area contributed by atoms with E-state index in [4.69, 9.17) is 5.73 Å². The van der Waals surface area contributed by atoms with E-state index in [1.807, 2.05) is 0 Å². The van der Waals surface area contributed by atoms with Crippen LogP contribution in [0.1, 0.15) is 29.2 Å². The lowest BCUT2D eigenvalue weighted by Crippen LogP contribution is -2.04. The molecule has 1 nitrogen and oxygen atoms in total. The van der Waals surface area contributed by atoms with Gasteiger partial charge in [0.05, 0.1) is 0 Å². The highest BCUT2D eigenvalue weighted by molar-refractivity contribution is 5.39. The van der Waals surface area contributed by atoms with E-state index in [-0.39, 0.29) is 0 Å². The molecular formula is C10H13N. The van der Waals surface area contributed by atoms with Crippen LogP contribution in [0.25, 0.3) is 0 Å². The van der Waals surface area contributed by atoms with Crippen LogP contribution in [0, 0.1) is 6.92 Å². The van der Waals surface area contributed by atoms with Gasteiger partial charge in [0.15, 0.2) is 0 Å². The summed E-state index contributed by atoms with van der Waals surface area (Å²) in [4.78, 5) is 0. The quantitative estimate of drug-likeness (QED) is 0.596. The lowest BCUT2D eigenvalue weighted by Gasteiger charge is -2.05. The molecule has 0 saturated carbocycles. The highest BCUT2D eigenvalue weighted by Gasteiger charge is 2.19. The summed E-state index contributed by atoms with van der Waals surface area (Å²) in [5.74, 6) is 0. The van der Waals surface area contributed by atoms with Crippen LogP contribution in [-0.2, 0) is 6.42 Å². The summed E-state index contributed by atoms with van der Waals surface area (Å²) in [7, 11) is 0. The number of benzene rings is 1. The minimum atomic E-state index is 0.296. The van der Waals surface area contributed by atoms with Gasteiger partial charge in [-0.25, -0.2) is 0 Å². The number of rotatable bonds is 0. The molecule has 1 unspecified atom stereocenters. The van der Waals surface area contributed by atoms with Gasteiger partial charge in [-0.3, -0.25) is 0 Å². The normalized spacial score (nSPS) is 21.8. The first-order chi connectivity index (χ1) is 5.29.